The van der Waals surface area contributed by atoms with Crippen LogP contribution in [0.5, 0.6) is 0 Å². The Morgan fingerprint density at radius 2 is 0.898 bits per heavy atom. The van der Waals surface area contributed by atoms with Crippen LogP contribution in [0.1, 0.15) is 25.0 Å². The highest BCUT2D eigenvalue weighted by atomic mass is 15.0. The van der Waals surface area contributed by atoms with E-state index >= 15 is 0 Å². The van der Waals surface area contributed by atoms with Crippen LogP contribution >= 0.6 is 0 Å². The van der Waals surface area contributed by atoms with Crippen LogP contribution in [0.3, 0.4) is 0 Å². The number of nitrogens with zero attached hydrogens (tertiary/aromatic N) is 4. The lowest BCUT2D eigenvalue weighted by Crippen LogP contribution is -2.14. The molecule has 4 nitrogen and oxygen atoms in total. The minimum Gasteiger partial charge on any atom is -0.248 e. The first-order valence-electron chi connectivity index (χ1n) is 20.1. The molecule has 10 aromatic rings. The summed E-state index contributed by atoms with van der Waals surface area (Å²) in [5, 5.41) is 3.51. The van der Waals surface area contributed by atoms with Gasteiger partial charge in [0.15, 0.2) is 17.5 Å². The fourth-order valence-electron chi connectivity index (χ4n) is 8.80. The average Bonchev–Trinajstić information content (AvgIpc) is 3.53. The van der Waals surface area contributed by atoms with Crippen LogP contribution in [0.25, 0.3) is 100 Å². The van der Waals surface area contributed by atoms with E-state index in [1.54, 1.807) is 0 Å². The van der Waals surface area contributed by atoms with Gasteiger partial charge in [-0.1, -0.05) is 172 Å². The average molecular weight is 755 g/mol. The SMILES string of the molecule is CC1(C)c2ccccc2-c2cc3c(-c4cccc(-c5nc(-c6ccccc6)nc(-c6cccc(-c7ccccc7)c6)n5)c4)cc(-c4ccc5ccccc5c4)nc3cc21. The van der Waals surface area contributed by atoms with Crippen molar-refractivity contribution in [3.05, 3.63) is 205 Å². The summed E-state index contributed by atoms with van der Waals surface area (Å²) in [6.07, 6.45) is 0. The molecule has 59 heavy (non-hydrogen) atoms. The van der Waals surface area contributed by atoms with Crippen LogP contribution in [0.4, 0.5) is 0 Å². The zero-order chi connectivity index (χ0) is 39.5. The number of hydrogen-bond acceptors (Lipinski definition) is 4. The van der Waals surface area contributed by atoms with Crippen molar-refractivity contribution in [2.75, 3.05) is 0 Å². The minimum absolute atomic E-state index is 0.145. The second kappa shape index (κ2) is 13.8. The fraction of sp³-hybridized carbons (Fsp3) is 0.0545. The van der Waals surface area contributed by atoms with Crippen LogP contribution in [-0.4, -0.2) is 19.9 Å². The van der Waals surface area contributed by atoms with Crippen molar-refractivity contribution in [1.82, 2.24) is 19.9 Å². The molecule has 278 valence electrons. The summed E-state index contributed by atoms with van der Waals surface area (Å²) in [4.78, 5) is 20.8. The van der Waals surface area contributed by atoms with Crippen molar-refractivity contribution >= 4 is 21.7 Å². The van der Waals surface area contributed by atoms with Gasteiger partial charge in [0.1, 0.15) is 0 Å². The standard InChI is InChI=1S/C55H38N4/c1-55(2)48-26-12-11-25-44(48)46-32-47-45(33-50(56-51(47)34-49(46)55)41-28-27-36-17-9-10-20-38(36)29-41)40-22-14-24-43(31-40)54-58-52(37-18-7-4-8-19-37)57-53(59-54)42-23-13-21-39(30-42)35-15-5-3-6-16-35/h3-34H,1-2H3. The summed E-state index contributed by atoms with van der Waals surface area (Å²) in [5.74, 6) is 1.87. The number of pyridine rings is 1. The second-order valence-corrected chi connectivity index (χ2v) is 15.9. The molecule has 0 unspecified atom stereocenters. The molecule has 0 saturated carbocycles. The maximum atomic E-state index is 5.41. The lowest BCUT2D eigenvalue weighted by molar-refractivity contribution is 0.661. The lowest BCUT2D eigenvalue weighted by Gasteiger charge is -2.22. The summed E-state index contributed by atoms with van der Waals surface area (Å²) in [6.45, 7) is 4.65. The largest absolute Gasteiger partial charge is 0.248 e. The summed E-state index contributed by atoms with van der Waals surface area (Å²) >= 11 is 0. The van der Waals surface area contributed by atoms with Crippen LogP contribution in [-0.2, 0) is 5.41 Å². The highest BCUT2D eigenvalue weighted by Gasteiger charge is 2.36. The minimum atomic E-state index is -0.145. The van der Waals surface area contributed by atoms with E-state index in [1.165, 1.54) is 33.0 Å². The molecule has 0 amide bonds. The molecule has 0 fully saturated rings. The molecule has 1 aliphatic carbocycles. The molecule has 8 aromatic carbocycles. The summed E-state index contributed by atoms with van der Waals surface area (Å²) < 4.78 is 0. The molecule has 1 aliphatic rings. The topological polar surface area (TPSA) is 51.6 Å². The van der Waals surface area contributed by atoms with Gasteiger partial charge in [-0.2, -0.15) is 0 Å². The Morgan fingerprint density at radius 3 is 1.64 bits per heavy atom. The first-order chi connectivity index (χ1) is 29.0. The third-order valence-corrected chi connectivity index (χ3v) is 11.9. The number of rotatable bonds is 6. The normalized spacial score (nSPS) is 12.7. The molecule has 0 bridgehead atoms. The number of fused-ring (bicyclic) bond motifs is 5. The van der Waals surface area contributed by atoms with E-state index in [0.717, 1.165) is 61.1 Å². The second-order valence-electron chi connectivity index (χ2n) is 15.9. The van der Waals surface area contributed by atoms with E-state index in [0.29, 0.717) is 17.5 Å². The Morgan fingerprint density at radius 1 is 0.322 bits per heavy atom. The maximum absolute atomic E-state index is 5.41. The van der Waals surface area contributed by atoms with Crippen LogP contribution in [0, 0.1) is 0 Å². The molecule has 0 aliphatic heterocycles. The molecule has 2 heterocycles. The Balaban J connectivity index is 1.11. The zero-order valence-electron chi connectivity index (χ0n) is 32.8. The molecule has 0 saturated heterocycles. The predicted molar refractivity (Wildman–Crippen MR) is 243 cm³/mol. The van der Waals surface area contributed by atoms with Gasteiger partial charge in [-0.25, -0.2) is 19.9 Å². The quantitative estimate of drug-likeness (QED) is 0.170. The van der Waals surface area contributed by atoms with E-state index in [9.17, 15) is 0 Å². The van der Waals surface area contributed by atoms with Gasteiger partial charge in [0.2, 0.25) is 0 Å². The molecule has 0 N–H and O–H groups in total. The maximum Gasteiger partial charge on any atom is 0.164 e. The number of aromatic nitrogens is 4. The zero-order valence-corrected chi connectivity index (χ0v) is 32.8. The van der Waals surface area contributed by atoms with Crippen molar-refractivity contribution in [3.63, 3.8) is 0 Å². The highest BCUT2D eigenvalue weighted by molar-refractivity contribution is 6.02. The van der Waals surface area contributed by atoms with Gasteiger partial charge in [-0.3, -0.25) is 0 Å². The Bertz CT molecular complexity index is 3240. The van der Waals surface area contributed by atoms with Crippen molar-refractivity contribution in [2.45, 2.75) is 19.3 Å². The molecular formula is C55H38N4. The summed E-state index contributed by atoms with van der Waals surface area (Å²) in [5.41, 5.74) is 15.3. The monoisotopic (exact) mass is 754 g/mol. The van der Waals surface area contributed by atoms with E-state index in [2.05, 4.69) is 184 Å². The molecule has 2 aromatic heterocycles. The van der Waals surface area contributed by atoms with Crippen molar-refractivity contribution in [2.24, 2.45) is 0 Å². The smallest absolute Gasteiger partial charge is 0.164 e. The Labute approximate surface area is 343 Å². The summed E-state index contributed by atoms with van der Waals surface area (Å²) in [6, 6.07) is 68.5. The van der Waals surface area contributed by atoms with Crippen molar-refractivity contribution in [1.29, 1.82) is 0 Å². The molecule has 0 radical (unpaired) electrons. The number of benzene rings is 8. The van der Waals surface area contributed by atoms with E-state index < -0.39 is 0 Å². The fourth-order valence-corrected chi connectivity index (χ4v) is 8.80. The molecule has 0 atom stereocenters. The van der Waals surface area contributed by atoms with Crippen LogP contribution in [0.2, 0.25) is 0 Å². The summed E-state index contributed by atoms with van der Waals surface area (Å²) in [7, 11) is 0. The van der Waals surface area contributed by atoms with E-state index in [-0.39, 0.29) is 5.41 Å². The predicted octanol–water partition coefficient (Wildman–Crippen LogP) is 13.9. The first-order valence-corrected chi connectivity index (χ1v) is 20.1. The Kier molecular flexibility index (Phi) is 8.12. The van der Waals surface area contributed by atoms with E-state index in [1.807, 2.05) is 24.3 Å². The van der Waals surface area contributed by atoms with Crippen molar-refractivity contribution < 1.29 is 0 Å². The van der Waals surface area contributed by atoms with Gasteiger partial charge < -0.3 is 0 Å². The third-order valence-electron chi connectivity index (χ3n) is 11.9. The van der Waals surface area contributed by atoms with Crippen LogP contribution < -0.4 is 0 Å². The lowest BCUT2D eigenvalue weighted by atomic mass is 9.82. The molecular weight excluding hydrogens is 717 g/mol. The molecule has 0 spiro atoms. The molecule has 11 rings (SSSR count). The first kappa shape index (κ1) is 34.7. The van der Waals surface area contributed by atoms with Gasteiger partial charge in [0, 0.05) is 33.1 Å². The third kappa shape index (κ3) is 6.09. The van der Waals surface area contributed by atoms with Gasteiger partial charge in [-0.15, -0.1) is 0 Å². The van der Waals surface area contributed by atoms with Crippen molar-refractivity contribution in [3.8, 4) is 78.8 Å². The van der Waals surface area contributed by atoms with Gasteiger partial charge in [0.05, 0.1) is 11.2 Å². The van der Waals surface area contributed by atoms with Crippen LogP contribution in [0.15, 0.2) is 194 Å². The van der Waals surface area contributed by atoms with Gasteiger partial charge in [-0.05, 0) is 91.7 Å². The van der Waals surface area contributed by atoms with E-state index in [4.69, 9.17) is 19.9 Å². The van der Waals surface area contributed by atoms with Gasteiger partial charge >= 0.3 is 0 Å². The number of hydrogen-bond donors (Lipinski definition) is 0. The highest BCUT2D eigenvalue weighted by Crippen LogP contribution is 2.50. The molecule has 4 heteroatoms. The Hall–Kier alpha value is -7.56. The van der Waals surface area contributed by atoms with Gasteiger partial charge in [0.25, 0.3) is 0 Å².